The number of aromatic nitrogens is 1. The van der Waals surface area contributed by atoms with Crippen LogP contribution in [0.25, 0.3) is 0 Å². The molecular formula is C16H23FN2O3. The monoisotopic (exact) mass is 310 g/mol. The highest BCUT2D eigenvalue weighted by molar-refractivity contribution is 5.67. The van der Waals surface area contributed by atoms with Gasteiger partial charge in [0.2, 0.25) is 5.95 Å². The Kier molecular flexibility index (Phi) is 5.01. The maximum absolute atomic E-state index is 14.2. The number of aliphatic hydroxyl groups is 1. The Labute approximate surface area is 130 Å². The van der Waals surface area contributed by atoms with E-state index in [1.54, 1.807) is 13.0 Å². The molecule has 6 heteroatoms. The summed E-state index contributed by atoms with van der Waals surface area (Å²) >= 11 is 0. The van der Waals surface area contributed by atoms with Gasteiger partial charge in [0.15, 0.2) is 0 Å². The summed E-state index contributed by atoms with van der Waals surface area (Å²) in [5, 5.41) is 11.0. The second kappa shape index (κ2) is 6.60. The number of likely N-dealkylation sites (tertiary alicyclic amines) is 1. The number of carbonyl (C=O) groups excluding carboxylic acids is 1. The summed E-state index contributed by atoms with van der Waals surface area (Å²) in [5.74, 6) is -0.950. The molecule has 2 unspecified atom stereocenters. The normalized spacial score (nSPS) is 25.1. The van der Waals surface area contributed by atoms with Crippen molar-refractivity contribution in [1.29, 1.82) is 0 Å². The molecule has 0 aromatic carbocycles. The summed E-state index contributed by atoms with van der Waals surface area (Å²) in [6.45, 7) is 4.49. The van der Waals surface area contributed by atoms with E-state index in [1.165, 1.54) is 18.2 Å². The molecule has 2 heterocycles. The van der Waals surface area contributed by atoms with E-state index in [0.29, 0.717) is 13.1 Å². The lowest BCUT2D eigenvalue weighted by Gasteiger charge is -2.42. The molecule has 2 atom stereocenters. The highest BCUT2D eigenvalue weighted by Crippen LogP contribution is 2.38. The first-order valence-corrected chi connectivity index (χ1v) is 7.62. The zero-order valence-electron chi connectivity index (χ0n) is 13.3. The van der Waals surface area contributed by atoms with Gasteiger partial charge in [-0.2, -0.15) is 4.39 Å². The standard InChI is InChI=1S/C16H23FN2O3/c1-4-5-12-8-13(14(17)18-9-12)16(21)6-7-19(10-11(16)2)15(20)22-3/h8-9,11,21H,4-7,10H2,1-3H3. The van der Waals surface area contributed by atoms with E-state index in [4.69, 9.17) is 4.74 Å². The summed E-state index contributed by atoms with van der Waals surface area (Å²) in [7, 11) is 1.33. The topological polar surface area (TPSA) is 62.7 Å². The van der Waals surface area contributed by atoms with Crippen molar-refractivity contribution < 1.29 is 19.0 Å². The number of pyridine rings is 1. The van der Waals surface area contributed by atoms with Gasteiger partial charge in [-0.3, -0.25) is 0 Å². The Hall–Kier alpha value is -1.69. The number of piperidine rings is 1. The van der Waals surface area contributed by atoms with Gasteiger partial charge in [-0.05, 0) is 24.5 Å². The maximum atomic E-state index is 14.2. The van der Waals surface area contributed by atoms with Crippen molar-refractivity contribution in [2.24, 2.45) is 5.92 Å². The van der Waals surface area contributed by atoms with Gasteiger partial charge in [0, 0.05) is 30.8 Å². The van der Waals surface area contributed by atoms with Crippen LogP contribution in [0.4, 0.5) is 9.18 Å². The Morgan fingerprint density at radius 2 is 2.36 bits per heavy atom. The molecule has 1 fully saturated rings. The first-order valence-electron chi connectivity index (χ1n) is 7.62. The van der Waals surface area contributed by atoms with E-state index in [-0.39, 0.29) is 17.9 Å². The van der Waals surface area contributed by atoms with E-state index < -0.39 is 17.6 Å². The summed E-state index contributed by atoms with van der Waals surface area (Å²) in [5.41, 5.74) is -0.170. The number of rotatable bonds is 3. The molecular weight excluding hydrogens is 287 g/mol. The fraction of sp³-hybridized carbons (Fsp3) is 0.625. The van der Waals surface area contributed by atoms with Gasteiger partial charge >= 0.3 is 6.09 Å². The van der Waals surface area contributed by atoms with Crippen LogP contribution < -0.4 is 0 Å². The number of halogens is 1. The quantitative estimate of drug-likeness (QED) is 0.871. The van der Waals surface area contributed by atoms with E-state index in [0.717, 1.165) is 18.4 Å². The lowest BCUT2D eigenvalue weighted by Crippen LogP contribution is -2.51. The Morgan fingerprint density at radius 1 is 1.64 bits per heavy atom. The molecule has 0 saturated carbocycles. The molecule has 1 aromatic rings. The number of amides is 1. The lowest BCUT2D eigenvalue weighted by atomic mass is 9.77. The van der Waals surface area contributed by atoms with E-state index in [2.05, 4.69) is 4.98 Å². The minimum atomic E-state index is -1.31. The Balaban J connectivity index is 2.28. The van der Waals surface area contributed by atoms with Crippen LogP contribution in [0.2, 0.25) is 0 Å². The third kappa shape index (κ3) is 3.06. The summed E-state index contributed by atoms with van der Waals surface area (Å²) < 4.78 is 18.9. The van der Waals surface area contributed by atoms with Crippen molar-refractivity contribution in [2.75, 3.05) is 20.2 Å². The van der Waals surface area contributed by atoms with Crippen LogP contribution in [0.3, 0.4) is 0 Å². The summed E-state index contributed by atoms with van der Waals surface area (Å²) in [4.78, 5) is 16.9. The SMILES string of the molecule is CCCc1cnc(F)c(C2(O)CCN(C(=O)OC)CC2C)c1. The van der Waals surface area contributed by atoms with Gasteiger partial charge in [0.1, 0.15) is 0 Å². The smallest absolute Gasteiger partial charge is 0.409 e. The molecule has 122 valence electrons. The lowest BCUT2D eigenvalue weighted by molar-refractivity contribution is -0.0693. The number of aryl methyl sites for hydroxylation is 1. The molecule has 5 nitrogen and oxygen atoms in total. The first kappa shape index (κ1) is 16.7. The third-order valence-electron chi connectivity index (χ3n) is 4.41. The number of nitrogens with zero attached hydrogens (tertiary/aromatic N) is 2. The van der Waals surface area contributed by atoms with Crippen LogP contribution in [0, 0.1) is 11.9 Å². The fourth-order valence-corrected chi connectivity index (χ4v) is 3.04. The van der Waals surface area contributed by atoms with Crippen LogP contribution in [0.1, 0.15) is 37.8 Å². The second-order valence-electron chi connectivity index (χ2n) is 5.92. The molecule has 0 spiro atoms. The molecule has 0 bridgehead atoms. The Morgan fingerprint density at radius 3 is 2.95 bits per heavy atom. The number of ether oxygens (including phenoxy) is 1. The zero-order chi connectivity index (χ0) is 16.3. The zero-order valence-corrected chi connectivity index (χ0v) is 13.3. The minimum Gasteiger partial charge on any atom is -0.453 e. The van der Waals surface area contributed by atoms with Crippen molar-refractivity contribution in [2.45, 2.75) is 38.7 Å². The van der Waals surface area contributed by atoms with Gasteiger partial charge in [-0.1, -0.05) is 20.3 Å². The Bertz CT molecular complexity index is 552. The van der Waals surface area contributed by atoms with Crippen LogP contribution in [-0.2, 0) is 16.8 Å². The highest BCUT2D eigenvalue weighted by Gasteiger charge is 2.43. The van der Waals surface area contributed by atoms with Gasteiger partial charge in [-0.15, -0.1) is 0 Å². The molecule has 1 N–H and O–H groups in total. The van der Waals surface area contributed by atoms with Crippen molar-refractivity contribution in [3.8, 4) is 0 Å². The van der Waals surface area contributed by atoms with Crippen molar-refractivity contribution in [1.82, 2.24) is 9.88 Å². The molecule has 1 aliphatic rings. The van der Waals surface area contributed by atoms with E-state index >= 15 is 0 Å². The molecule has 1 saturated heterocycles. The van der Waals surface area contributed by atoms with Crippen molar-refractivity contribution in [3.05, 3.63) is 29.3 Å². The summed E-state index contributed by atoms with van der Waals surface area (Å²) in [6.07, 6.45) is 3.07. The van der Waals surface area contributed by atoms with E-state index in [9.17, 15) is 14.3 Å². The average molecular weight is 310 g/mol. The van der Waals surface area contributed by atoms with Crippen LogP contribution in [0.5, 0.6) is 0 Å². The number of hydrogen-bond acceptors (Lipinski definition) is 4. The van der Waals surface area contributed by atoms with Gasteiger partial charge < -0.3 is 14.7 Å². The number of hydrogen-bond donors (Lipinski definition) is 1. The predicted molar refractivity (Wildman–Crippen MR) is 79.8 cm³/mol. The fourth-order valence-electron chi connectivity index (χ4n) is 3.04. The number of carbonyl (C=O) groups is 1. The minimum absolute atomic E-state index is 0.232. The third-order valence-corrected chi connectivity index (χ3v) is 4.41. The molecule has 22 heavy (non-hydrogen) atoms. The molecule has 2 rings (SSSR count). The van der Waals surface area contributed by atoms with Gasteiger partial charge in [0.25, 0.3) is 0 Å². The molecule has 0 aliphatic carbocycles. The van der Waals surface area contributed by atoms with Crippen LogP contribution >= 0.6 is 0 Å². The van der Waals surface area contributed by atoms with Gasteiger partial charge in [0.05, 0.1) is 12.7 Å². The number of methoxy groups -OCH3 is 1. The average Bonchev–Trinajstić information content (AvgIpc) is 2.51. The van der Waals surface area contributed by atoms with Crippen molar-refractivity contribution >= 4 is 6.09 Å². The summed E-state index contributed by atoms with van der Waals surface area (Å²) in [6, 6.07) is 1.70. The van der Waals surface area contributed by atoms with Crippen LogP contribution in [0.15, 0.2) is 12.3 Å². The van der Waals surface area contributed by atoms with Crippen LogP contribution in [-0.4, -0.2) is 41.3 Å². The molecule has 0 radical (unpaired) electrons. The van der Waals surface area contributed by atoms with E-state index in [1.807, 2.05) is 6.92 Å². The maximum Gasteiger partial charge on any atom is 0.409 e. The largest absolute Gasteiger partial charge is 0.453 e. The predicted octanol–water partition coefficient (Wildman–Crippen LogP) is 2.47. The second-order valence-corrected chi connectivity index (χ2v) is 5.92. The first-order chi connectivity index (χ1) is 10.4. The highest BCUT2D eigenvalue weighted by atomic mass is 19.1. The van der Waals surface area contributed by atoms with Gasteiger partial charge in [-0.25, -0.2) is 9.78 Å². The van der Waals surface area contributed by atoms with Crippen molar-refractivity contribution in [3.63, 3.8) is 0 Å². The molecule has 1 aliphatic heterocycles. The molecule has 1 amide bonds. The molecule has 1 aromatic heterocycles.